The van der Waals surface area contributed by atoms with E-state index in [0.717, 1.165) is 17.2 Å². The Hall–Kier alpha value is -1.52. The number of aryl methyl sites for hydroxylation is 1. The van der Waals surface area contributed by atoms with Gasteiger partial charge in [-0.25, -0.2) is 13.5 Å². The summed E-state index contributed by atoms with van der Waals surface area (Å²) in [6, 6.07) is 1.61. The average molecular weight is 314 g/mol. The number of nitrogens with zero attached hydrogens (tertiary/aromatic N) is 5. The number of aromatic amines is 1. The van der Waals surface area contributed by atoms with Crippen molar-refractivity contribution in [3.8, 4) is 0 Å². The van der Waals surface area contributed by atoms with Crippen LogP contribution in [0.5, 0.6) is 0 Å². The van der Waals surface area contributed by atoms with Gasteiger partial charge in [0.05, 0.1) is 5.69 Å². The molecule has 0 radical (unpaired) electrons. The Kier molecular flexibility index (Phi) is 3.44. The first-order valence-corrected chi connectivity index (χ1v) is 8.32. The van der Waals surface area contributed by atoms with Crippen LogP contribution in [0.2, 0.25) is 0 Å². The molecule has 2 aromatic rings. The van der Waals surface area contributed by atoms with Gasteiger partial charge in [-0.2, -0.15) is 18.8 Å². The highest BCUT2D eigenvalue weighted by molar-refractivity contribution is 7.91. The molecule has 1 N–H and O–H groups in total. The van der Waals surface area contributed by atoms with Crippen LogP contribution in [0.15, 0.2) is 16.6 Å². The molecule has 108 valence electrons. The Morgan fingerprint density at radius 3 is 2.60 bits per heavy atom. The van der Waals surface area contributed by atoms with Gasteiger partial charge in [0.15, 0.2) is 4.21 Å². The Labute approximate surface area is 120 Å². The van der Waals surface area contributed by atoms with Crippen molar-refractivity contribution in [1.82, 2.24) is 23.9 Å². The number of hydrogen-bond acceptors (Lipinski definition) is 7. The molecule has 8 nitrogen and oxygen atoms in total. The molecule has 0 bridgehead atoms. The van der Waals surface area contributed by atoms with E-state index >= 15 is 0 Å². The van der Waals surface area contributed by atoms with E-state index in [0.29, 0.717) is 36.3 Å². The molecule has 3 rings (SSSR count). The summed E-state index contributed by atoms with van der Waals surface area (Å²) in [5, 5.41) is 6.58. The summed E-state index contributed by atoms with van der Waals surface area (Å²) in [4.78, 5) is 6.06. The van der Waals surface area contributed by atoms with Gasteiger partial charge in [-0.05, 0) is 24.5 Å². The first kappa shape index (κ1) is 13.5. The molecule has 0 spiro atoms. The van der Waals surface area contributed by atoms with Crippen LogP contribution in [0.3, 0.4) is 0 Å². The molecule has 10 heteroatoms. The van der Waals surface area contributed by atoms with Gasteiger partial charge in [-0.3, -0.25) is 0 Å². The fourth-order valence-electron chi connectivity index (χ4n) is 2.08. The van der Waals surface area contributed by atoms with Gasteiger partial charge in [-0.1, -0.05) is 0 Å². The van der Waals surface area contributed by atoms with Crippen LogP contribution in [0.4, 0.5) is 5.95 Å². The molecule has 0 aliphatic carbocycles. The van der Waals surface area contributed by atoms with Crippen LogP contribution in [0.1, 0.15) is 5.69 Å². The molecule has 0 amide bonds. The van der Waals surface area contributed by atoms with Gasteiger partial charge in [0.2, 0.25) is 5.95 Å². The van der Waals surface area contributed by atoms with E-state index in [2.05, 4.69) is 19.6 Å². The monoisotopic (exact) mass is 314 g/mol. The molecule has 3 heterocycles. The van der Waals surface area contributed by atoms with E-state index in [4.69, 9.17) is 0 Å². The van der Waals surface area contributed by atoms with Crippen LogP contribution >= 0.6 is 11.5 Å². The third-order valence-electron chi connectivity index (χ3n) is 3.14. The SMILES string of the molecule is Cc1cc(S(=O)(=O)N2CCN(c3ncn[nH]3)CC2)sn1. The third kappa shape index (κ3) is 2.41. The second-order valence-electron chi connectivity index (χ2n) is 4.49. The first-order chi connectivity index (χ1) is 9.57. The first-order valence-electron chi connectivity index (χ1n) is 6.11. The van der Waals surface area contributed by atoms with Gasteiger partial charge in [0.25, 0.3) is 10.0 Å². The summed E-state index contributed by atoms with van der Waals surface area (Å²) in [7, 11) is -3.42. The van der Waals surface area contributed by atoms with Crippen molar-refractivity contribution in [2.45, 2.75) is 11.1 Å². The van der Waals surface area contributed by atoms with Crippen molar-refractivity contribution in [2.75, 3.05) is 31.1 Å². The maximum absolute atomic E-state index is 12.4. The molecule has 0 saturated carbocycles. The minimum Gasteiger partial charge on any atom is -0.339 e. The smallest absolute Gasteiger partial charge is 0.254 e. The van der Waals surface area contributed by atoms with Crippen LogP contribution in [0.25, 0.3) is 0 Å². The maximum atomic E-state index is 12.4. The lowest BCUT2D eigenvalue weighted by Crippen LogP contribution is -2.48. The lowest BCUT2D eigenvalue weighted by atomic mass is 10.4. The van der Waals surface area contributed by atoms with Crippen molar-refractivity contribution < 1.29 is 8.42 Å². The molecule has 0 aromatic carbocycles. The van der Waals surface area contributed by atoms with Crippen molar-refractivity contribution in [2.24, 2.45) is 0 Å². The van der Waals surface area contributed by atoms with Gasteiger partial charge >= 0.3 is 0 Å². The minimum absolute atomic E-state index is 0.308. The average Bonchev–Trinajstić information content (AvgIpc) is 3.10. The van der Waals surface area contributed by atoms with Gasteiger partial charge in [0.1, 0.15) is 6.33 Å². The molecule has 20 heavy (non-hydrogen) atoms. The zero-order valence-electron chi connectivity index (χ0n) is 10.9. The Balaban J connectivity index is 1.72. The lowest BCUT2D eigenvalue weighted by Gasteiger charge is -2.33. The van der Waals surface area contributed by atoms with E-state index in [-0.39, 0.29) is 0 Å². The van der Waals surface area contributed by atoms with E-state index in [9.17, 15) is 8.42 Å². The summed E-state index contributed by atoms with van der Waals surface area (Å²) in [5.74, 6) is 0.677. The van der Waals surface area contributed by atoms with Gasteiger partial charge < -0.3 is 4.90 Å². The molecule has 1 fully saturated rings. The number of anilines is 1. The van der Waals surface area contributed by atoms with E-state index in [1.54, 1.807) is 13.0 Å². The van der Waals surface area contributed by atoms with E-state index in [1.165, 1.54) is 10.6 Å². The van der Waals surface area contributed by atoms with Gasteiger partial charge in [0, 0.05) is 26.2 Å². The van der Waals surface area contributed by atoms with Gasteiger partial charge in [-0.15, -0.1) is 0 Å². The van der Waals surface area contributed by atoms with Crippen molar-refractivity contribution in [3.63, 3.8) is 0 Å². The molecule has 1 aliphatic heterocycles. The third-order valence-corrected chi connectivity index (χ3v) is 6.34. The van der Waals surface area contributed by atoms with Crippen molar-refractivity contribution >= 4 is 27.5 Å². The van der Waals surface area contributed by atoms with Crippen molar-refractivity contribution in [3.05, 3.63) is 18.1 Å². The number of piperazine rings is 1. The summed E-state index contributed by atoms with van der Waals surface area (Å²) >= 11 is 1.03. The molecule has 1 aliphatic rings. The number of hydrogen-bond donors (Lipinski definition) is 1. The number of aromatic nitrogens is 4. The molecule has 0 unspecified atom stereocenters. The highest BCUT2D eigenvalue weighted by Gasteiger charge is 2.30. The van der Waals surface area contributed by atoms with Crippen LogP contribution in [0, 0.1) is 6.92 Å². The Bertz CT molecular complexity index is 672. The topological polar surface area (TPSA) is 95.1 Å². The van der Waals surface area contributed by atoms with Crippen molar-refractivity contribution in [1.29, 1.82) is 0 Å². The zero-order chi connectivity index (χ0) is 14.2. The number of sulfonamides is 1. The number of rotatable bonds is 3. The highest BCUT2D eigenvalue weighted by atomic mass is 32.2. The Morgan fingerprint density at radius 1 is 1.30 bits per heavy atom. The Morgan fingerprint density at radius 2 is 2.05 bits per heavy atom. The second-order valence-corrected chi connectivity index (χ2v) is 7.46. The summed E-state index contributed by atoms with van der Waals surface area (Å²) in [6.07, 6.45) is 1.44. The maximum Gasteiger partial charge on any atom is 0.254 e. The van der Waals surface area contributed by atoms with E-state index in [1.807, 2.05) is 4.90 Å². The fraction of sp³-hybridized carbons (Fsp3) is 0.500. The minimum atomic E-state index is -3.42. The molecule has 0 atom stereocenters. The van der Waals surface area contributed by atoms with Crippen LogP contribution < -0.4 is 4.90 Å². The predicted octanol–water partition coefficient (Wildman–Crippen LogP) is 0.0805. The predicted molar refractivity (Wildman–Crippen MR) is 74.2 cm³/mol. The largest absolute Gasteiger partial charge is 0.339 e. The van der Waals surface area contributed by atoms with Crippen LogP contribution in [-0.4, -0.2) is 58.5 Å². The number of nitrogens with one attached hydrogen (secondary N) is 1. The van der Waals surface area contributed by atoms with Crippen LogP contribution in [-0.2, 0) is 10.0 Å². The summed E-state index contributed by atoms with van der Waals surface area (Å²) < 4.78 is 30.7. The molecular weight excluding hydrogens is 300 g/mol. The standard InChI is InChI=1S/C10H14N6O2S2/c1-8-6-9(19-14-8)20(17,18)16-4-2-15(3-5-16)10-11-7-12-13-10/h6-7H,2-5H2,1H3,(H,11,12,13). The fourth-order valence-corrected chi connectivity index (χ4v) is 4.61. The quantitative estimate of drug-likeness (QED) is 0.862. The molecule has 1 saturated heterocycles. The highest BCUT2D eigenvalue weighted by Crippen LogP contribution is 2.22. The number of H-pyrrole nitrogens is 1. The summed E-state index contributed by atoms with van der Waals surface area (Å²) in [5.41, 5.74) is 0.730. The normalized spacial score (nSPS) is 17.6. The van der Waals surface area contributed by atoms with E-state index < -0.39 is 10.0 Å². The summed E-state index contributed by atoms with van der Waals surface area (Å²) in [6.45, 7) is 3.83. The zero-order valence-corrected chi connectivity index (χ0v) is 12.5. The lowest BCUT2D eigenvalue weighted by molar-refractivity contribution is 0.383. The molecular formula is C10H14N6O2S2. The molecule has 2 aromatic heterocycles. The second kappa shape index (κ2) is 5.11.